The fraction of sp³-hybridized carbons (Fsp3) is 0.571. The minimum Gasteiger partial charge on any atom is -0.339 e. The Labute approximate surface area is 168 Å². The Morgan fingerprint density at radius 2 is 1.89 bits per heavy atom. The number of aryl methyl sites for hydroxylation is 1. The zero-order valence-electron chi connectivity index (χ0n) is 16.5. The molecule has 2 fully saturated rings. The number of nitrogens with one attached hydrogen (secondary N) is 1. The second-order valence-corrected chi connectivity index (χ2v) is 10.1. The smallest absolute Gasteiger partial charge is 0.262 e. The van der Waals surface area contributed by atoms with E-state index in [1.165, 1.54) is 44.0 Å². The normalized spacial score (nSPS) is 24.2. The Kier molecular flexibility index (Phi) is 5.85. The molecule has 28 heavy (non-hydrogen) atoms. The highest BCUT2D eigenvalue weighted by Gasteiger charge is 2.40. The summed E-state index contributed by atoms with van der Waals surface area (Å²) in [4.78, 5) is 4.08. The Morgan fingerprint density at radius 3 is 2.57 bits per heavy atom. The van der Waals surface area contributed by atoms with Gasteiger partial charge in [0.15, 0.2) is 5.03 Å². The summed E-state index contributed by atoms with van der Waals surface area (Å²) in [6.45, 7) is 1.93. The van der Waals surface area contributed by atoms with Gasteiger partial charge in [-0.3, -0.25) is 0 Å². The lowest BCUT2D eigenvalue weighted by Crippen LogP contribution is -2.37. The zero-order chi connectivity index (χ0) is 19.6. The molecule has 0 amide bonds. The number of nitrogens with zero attached hydrogens (tertiary/aromatic N) is 3. The summed E-state index contributed by atoms with van der Waals surface area (Å²) in [6, 6.07) is 10.4. The molecule has 1 aliphatic heterocycles. The highest BCUT2D eigenvalue weighted by molar-refractivity contribution is 7.89. The molecule has 1 N–H and O–H groups in total. The number of sulfonamides is 1. The molecule has 0 radical (unpaired) electrons. The first-order valence-corrected chi connectivity index (χ1v) is 11.7. The minimum absolute atomic E-state index is 0.127. The van der Waals surface area contributed by atoms with E-state index in [0.29, 0.717) is 13.1 Å². The van der Waals surface area contributed by atoms with E-state index in [2.05, 4.69) is 22.4 Å². The summed E-state index contributed by atoms with van der Waals surface area (Å²) >= 11 is 0. The average Bonchev–Trinajstić information content (AvgIpc) is 3.43. The van der Waals surface area contributed by atoms with Crippen molar-refractivity contribution in [2.45, 2.75) is 49.1 Å². The van der Waals surface area contributed by atoms with Gasteiger partial charge in [-0.2, -0.15) is 4.31 Å². The van der Waals surface area contributed by atoms with Crippen LogP contribution in [0.3, 0.4) is 0 Å². The number of aromatic nitrogens is 2. The van der Waals surface area contributed by atoms with Crippen LogP contribution in [-0.2, 0) is 17.1 Å². The predicted octanol–water partition coefficient (Wildman–Crippen LogP) is 2.75. The van der Waals surface area contributed by atoms with Gasteiger partial charge in [0.2, 0.25) is 0 Å². The van der Waals surface area contributed by atoms with E-state index in [-0.39, 0.29) is 17.0 Å². The highest BCUT2D eigenvalue weighted by Crippen LogP contribution is 2.32. The second-order valence-electron chi connectivity index (χ2n) is 8.22. The molecule has 0 bridgehead atoms. The van der Waals surface area contributed by atoms with Crippen molar-refractivity contribution in [2.24, 2.45) is 13.0 Å². The number of rotatable bonds is 7. The maximum absolute atomic E-state index is 13.1. The monoisotopic (exact) mass is 402 g/mol. The van der Waals surface area contributed by atoms with Gasteiger partial charge in [-0.15, -0.1) is 0 Å². The van der Waals surface area contributed by atoms with Gasteiger partial charge in [0.25, 0.3) is 10.0 Å². The molecule has 0 unspecified atom stereocenters. The Bertz CT molecular complexity index is 875. The Balaban J connectivity index is 1.49. The molecule has 0 spiro atoms. The molecule has 2 aliphatic rings. The van der Waals surface area contributed by atoms with Crippen LogP contribution in [0, 0.1) is 5.92 Å². The lowest BCUT2D eigenvalue weighted by Gasteiger charge is -2.21. The third kappa shape index (κ3) is 4.16. The molecule has 1 aromatic heterocycles. The summed E-state index contributed by atoms with van der Waals surface area (Å²) in [7, 11) is -1.78. The van der Waals surface area contributed by atoms with Crippen molar-refractivity contribution in [3.63, 3.8) is 0 Å². The van der Waals surface area contributed by atoms with Crippen molar-refractivity contribution >= 4 is 10.0 Å². The van der Waals surface area contributed by atoms with Gasteiger partial charge in [-0.1, -0.05) is 56.0 Å². The molecule has 6 nitrogen and oxygen atoms in total. The number of hydrogen-bond acceptors (Lipinski definition) is 4. The summed E-state index contributed by atoms with van der Waals surface area (Å²) in [5.74, 6) is 0.987. The minimum atomic E-state index is -3.57. The second kappa shape index (κ2) is 8.35. The van der Waals surface area contributed by atoms with Crippen molar-refractivity contribution in [3.05, 3.63) is 48.4 Å². The lowest BCUT2D eigenvalue weighted by atomic mass is 9.94. The molecule has 152 valence electrons. The summed E-state index contributed by atoms with van der Waals surface area (Å²) in [5, 5.41) is 3.82. The van der Waals surface area contributed by atoms with Crippen molar-refractivity contribution in [3.8, 4) is 0 Å². The molecular formula is C21H30N4O2S. The van der Waals surface area contributed by atoms with Gasteiger partial charge < -0.3 is 9.88 Å². The van der Waals surface area contributed by atoms with Gasteiger partial charge in [-0.25, -0.2) is 13.4 Å². The van der Waals surface area contributed by atoms with E-state index in [9.17, 15) is 8.42 Å². The first kappa shape index (κ1) is 19.6. The van der Waals surface area contributed by atoms with E-state index in [0.717, 1.165) is 12.5 Å². The molecule has 1 saturated heterocycles. The molecular weight excluding hydrogens is 372 g/mol. The molecule has 7 heteroatoms. The van der Waals surface area contributed by atoms with Crippen LogP contribution in [-0.4, -0.2) is 48.0 Å². The zero-order valence-corrected chi connectivity index (χ0v) is 17.3. The van der Waals surface area contributed by atoms with Crippen LogP contribution in [0.5, 0.6) is 0 Å². The molecule has 1 aromatic carbocycles. The van der Waals surface area contributed by atoms with E-state index < -0.39 is 10.0 Å². The highest BCUT2D eigenvalue weighted by atomic mass is 32.2. The standard InChI is InChI=1S/C21H30N4O2S/c1-24-15-21(23-16-24)28(26,27)25-13-19(18-9-3-2-4-10-18)20(14-25)22-12-11-17-7-5-6-8-17/h2-4,9-10,15-17,19-20,22H,5-8,11-14H2,1H3/t19-,20+/m1/s1. The predicted molar refractivity (Wildman–Crippen MR) is 110 cm³/mol. The van der Waals surface area contributed by atoms with Gasteiger partial charge >= 0.3 is 0 Å². The summed E-state index contributed by atoms with van der Waals surface area (Å²) in [6.07, 6.45) is 9.70. The molecule has 4 rings (SSSR count). The number of hydrogen-bond donors (Lipinski definition) is 1. The molecule has 2 heterocycles. The SMILES string of the molecule is Cn1cnc(S(=O)(=O)N2C[C@H](NCCC3CCCC3)[C@@H](c3ccccc3)C2)c1. The third-order valence-corrected chi connectivity index (χ3v) is 7.95. The average molecular weight is 403 g/mol. The molecule has 1 saturated carbocycles. The van der Waals surface area contributed by atoms with Gasteiger partial charge in [0, 0.05) is 38.3 Å². The van der Waals surface area contributed by atoms with Crippen molar-refractivity contribution in [1.82, 2.24) is 19.2 Å². The molecule has 2 aromatic rings. The van der Waals surface area contributed by atoms with Crippen LogP contribution < -0.4 is 5.32 Å². The molecule has 2 atom stereocenters. The fourth-order valence-corrected chi connectivity index (χ4v) is 6.09. The van der Waals surface area contributed by atoms with Gasteiger partial charge in [0.05, 0.1) is 6.33 Å². The lowest BCUT2D eigenvalue weighted by molar-refractivity contribution is 0.423. The van der Waals surface area contributed by atoms with E-state index >= 15 is 0 Å². The van der Waals surface area contributed by atoms with Crippen molar-refractivity contribution < 1.29 is 8.42 Å². The topological polar surface area (TPSA) is 67.2 Å². The van der Waals surface area contributed by atoms with Gasteiger partial charge in [0.1, 0.15) is 0 Å². The first-order chi connectivity index (χ1) is 13.5. The van der Waals surface area contributed by atoms with E-state index in [4.69, 9.17) is 0 Å². The van der Waals surface area contributed by atoms with E-state index in [1.54, 1.807) is 22.1 Å². The maximum Gasteiger partial charge on any atom is 0.262 e. The Morgan fingerprint density at radius 1 is 1.14 bits per heavy atom. The van der Waals surface area contributed by atoms with E-state index in [1.807, 2.05) is 18.2 Å². The number of benzene rings is 1. The largest absolute Gasteiger partial charge is 0.339 e. The maximum atomic E-state index is 13.1. The van der Waals surface area contributed by atoms with Crippen LogP contribution in [0.15, 0.2) is 47.9 Å². The van der Waals surface area contributed by atoms with Crippen molar-refractivity contribution in [1.29, 1.82) is 0 Å². The van der Waals surface area contributed by atoms with Crippen LogP contribution >= 0.6 is 0 Å². The number of imidazole rings is 1. The van der Waals surface area contributed by atoms with Crippen molar-refractivity contribution in [2.75, 3.05) is 19.6 Å². The summed E-state index contributed by atoms with van der Waals surface area (Å²) in [5.41, 5.74) is 1.19. The van der Waals surface area contributed by atoms with Crippen LogP contribution in [0.2, 0.25) is 0 Å². The van der Waals surface area contributed by atoms with Crippen LogP contribution in [0.25, 0.3) is 0 Å². The first-order valence-electron chi connectivity index (χ1n) is 10.3. The van der Waals surface area contributed by atoms with Gasteiger partial charge in [-0.05, 0) is 24.4 Å². The Hall–Kier alpha value is -1.70. The summed E-state index contributed by atoms with van der Waals surface area (Å²) < 4.78 is 29.4. The van der Waals surface area contributed by atoms with Crippen LogP contribution in [0.1, 0.15) is 43.6 Å². The fourth-order valence-electron chi connectivity index (χ4n) is 4.64. The third-order valence-electron chi connectivity index (χ3n) is 6.23. The molecule has 1 aliphatic carbocycles. The quantitative estimate of drug-likeness (QED) is 0.773. The van der Waals surface area contributed by atoms with Crippen LogP contribution in [0.4, 0.5) is 0 Å².